The third-order valence-corrected chi connectivity index (χ3v) is 4.43. The van der Waals surface area contributed by atoms with Gasteiger partial charge in [0.1, 0.15) is 17.6 Å². The maximum absolute atomic E-state index is 12.3. The summed E-state index contributed by atoms with van der Waals surface area (Å²) in [5, 5.41) is 2.97. The minimum atomic E-state index is -0.407. The quantitative estimate of drug-likeness (QED) is 0.894. The number of nitrogens with one attached hydrogen (secondary N) is 1. The van der Waals surface area contributed by atoms with Gasteiger partial charge in [-0.3, -0.25) is 0 Å². The van der Waals surface area contributed by atoms with Crippen molar-refractivity contribution in [3.63, 3.8) is 0 Å². The second kappa shape index (κ2) is 8.56. The average molecular weight is 356 g/mol. The molecule has 0 bridgehead atoms. The van der Waals surface area contributed by atoms with Crippen LogP contribution in [0.2, 0.25) is 0 Å². The van der Waals surface area contributed by atoms with E-state index < -0.39 is 5.63 Å². The second-order valence-electron chi connectivity index (χ2n) is 6.49. The van der Waals surface area contributed by atoms with Crippen LogP contribution in [0.25, 0.3) is 0 Å². The number of nitrogens with zero attached hydrogens (tertiary/aromatic N) is 1. The summed E-state index contributed by atoms with van der Waals surface area (Å²) in [6.07, 6.45) is 2.31. The van der Waals surface area contributed by atoms with Crippen molar-refractivity contribution in [3.05, 3.63) is 64.2 Å². The van der Waals surface area contributed by atoms with E-state index in [1.807, 2.05) is 23.1 Å². The molecule has 6 heteroatoms. The zero-order valence-electron chi connectivity index (χ0n) is 14.9. The van der Waals surface area contributed by atoms with Crippen LogP contribution >= 0.6 is 0 Å². The first-order valence-electron chi connectivity index (χ1n) is 8.95. The Labute approximate surface area is 152 Å². The van der Waals surface area contributed by atoms with Crippen molar-refractivity contribution in [3.8, 4) is 5.75 Å². The van der Waals surface area contributed by atoms with Gasteiger partial charge in [0.2, 0.25) is 0 Å². The first-order chi connectivity index (χ1) is 12.6. The summed E-state index contributed by atoms with van der Waals surface area (Å²) < 4.78 is 10.8. The van der Waals surface area contributed by atoms with E-state index >= 15 is 0 Å². The van der Waals surface area contributed by atoms with E-state index in [1.54, 1.807) is 13.0 Å². The second-order valence-corrected chi connectivity index (χ2v) is 6.49. The van der Waals surface area contributed by atoms with Crippen LogP contribution in [0, 0.1) is 6.92 Å². The molecule has 138 valence electrons. The highest BCUT2D eigenvalue weighted by atomic mass is 16.5. The summed E-state index contributed by atoms with van der Waals surface area (Å²) in [7, 11) is 0. The number of ether oxygens (including phenoxy) is 1. The first-order valence-corrected chi connectivity index (χ1v) is 8.95. The molecule has 1 aliphatic rings. The molecule has 2 heterocycles. The number of urea groups is 1. The highest BCUT2D eigenvalue weighted by Crippen LogP contribution is 2.18. The van der Waals surface area contributed by atoms with Crippen molar-refractivity contribution in [2.75, 3.05) is 19.6 Å². The fourth-order valence-corrected chi connectivity index (χ4v) is 3.08. The monoisotopic (exact) mass is 356 g/mol. The summed E-state index contributed by atoms with van der Waals surface area (Å²) in [5.74, 6) is 1.06. The Hall–Kier alpha value is -2.76. The number of hydrogen-bond donors (Lipinski definition) is 1. The summed E-state index contributed by atoms with van der Waals surface area (Å²) in [6, 6.07) is 13.1. The number of carbonyl (C=O) groups excluding carboxylic acids is 1. The van der Waals surface area contributed by atoms with Crippen LogP contribution in [0.3, 0.4) is 0 Å². The summed E-state index contributed by atoms with van der Waals surface area (Å²) in [6.45, 7) is 3.62. The molecular weight excluding hydrogens is 332 g/mol. The molecule has 1 aromatic heterocycles. The van der Waals surface area contributed by atoms with Gasteiger partial charge in [-0.2, -0.15) is 0 Å². The Kier molecular flexibility index (Phi) is 5.94. The Bertz CT molecular complexity index is 780. The van der Waals surface area contributed by atoms with Gasteiger partial charge in [-0.25, -0.2) is 9.59 Å². The molecule has 1 fully saturated rings. The number of carbonyl (C=O) groups is 1. The molecule has 0 atom stereocenters. The van der Waals surface area contributed by atoms with Gasteiger partial charge >= 0.3 is 11.7 Å². The molecule has 2 amide bonds. The molecular formula is C20H24N2O4. The van der Waals surface area contributed by atoms with E-state index in [1.165, 1.54) is 11.6 Å². The van der Waals surface area contributed by atoms with Crippen molar-refractivity contribution in [2.24, 2.45) is 0 Å². The van der Waals surface area contributed by atoms with Gasteiger partial charge in [0.05, 0.1) is 6.07 Å². The number of likely N-dealkylation sites (tertiary alicyclic amines) is 1. The van der Waals surface area contributed by atoms with Crippen molar-refractivity contribution in [1.82, 2.24) is 10.2 Å². The average Bonchev–Trinajstić information content (AvgIpc) is 2.62. The SMILES string of the molecule is Cc1cc(OC2CCN(C(=O)NCCc3ccccc3)CC2)cc(=O)o1. The molecule has 26 heavy (non-hydrogen) atoms. The molecule has 0 aliphatic carbocycles. The van der Waals surface area contributed by atoms with Gasteiger partial charge in [-0.05, 0) is 18.9 Å². The summed E-state index contributed by atoms with van der Waals surface area (Å²) in [4.78, 5) is 25.5. The molecule has 1 N–H and O–H groups in total. The van der Waals surface area contributed by atoms with E-state index in [0.29, 0.717) is 31.1 Å². The number of aryl methyl sites for hydroxylation is 1. The highest BCUT2D eigenvalue weighted by Gasteiger charge is 2.24. The van der Waals surface area contributed by atoms with E-state index in [4.69, 9.17) is 9.15 Å². The maximum Gasteiger partial charge on any atom is 0.339 e. The van der Waals surface area contributed by atoms with Crippen LogP contribution < -0.4 is 15.7 Å². The molecule has 0 saturated carbocycles. The molecule has 1 aromatic carbocycles. The largest absolute Gasteiger partial charge is 0.490 e. The van der Waals surface area contributed by atoms with Gasteiger partial charge in [0.25, 0.3) is 0 Å². The van der Waals surface area contributed by atoms with Crippen LogP contribution in [0.1, 0.15) is 24.2 Å². The molecule has 0 radical (unpaired) electrons. The molecule has 0 unspecified atom stereocenters. The van der Waals surface area contributed by atoms with Gasteiger partial charge in [-0.15, -0.1) is 0 Å². The number of rotatable bonds is 5. The third kappa shape index (κ3) is 5.12. The van der Waals surface area contributed by atoms with Crippen molar-refractivity contribution in [1.29, 1.82) is 0 Å². The van der Waals surface area contributed by atoms with Gasteiger partial charge < -0.3 is 19.4 Å². The predicted molar refractivity (Wildman–Crippen MR) is 98.5 cm³/mol. The van der Waals surface area contributed by atoms with E-state index in [0.717, 1.165) is 19.3 Å². The summed E-state index contributed by atoms with van der Waals surface area (Å²) >= 11 is 0. The summed E-state index contributed by atoms with van der Waals surface area (Å²) in [5.41, 5.74) is 0.803. The zero-order chi connectivity index (χ0) is 18.4. The first kappa shape index (κ1) is 18.0. The highest BCUT2D eigenvalue weighted by molar-refractivity contribution is 5.74. The number of piperidine rings is 1. The standard InChI is InChI=1S/C20H24N2O4/c1-15-13-18(14-19(23)25-15)26-17-8-11-22(12-9-17)20(24)21-10-7-16-5-3-2-4-6-16/h2-6,13-14,17H,7-12H2,1H3,(H,21,24). The fourth-order valence-electron chi connectivity index (χ4n) is 3.08. The number of amides is 2. The molecule has 1 aliphatic heterocycles. The topological polar surface area (TPSA) is 71.8 Å². The predicted octanol–water partition coefficient (Wildman–Crippen LogP) is 2.74. The Morgan fingerprint density at radius 1 is 1.23 bits per heavy atom. The lowest BCUT2D eigenvalue weighted by atomic mass is 10.1. The van der Waals surface area contributed by atoms with Crippen LogP contribution in [0.15, 0.2) is 51.7 Å². The smallest absolute Gasteiger partial charge is 0.339 e. The fraction of sp³-hybridized carbons (Fsp3) is 0.400. The lowest BCUT2D eigenvalue weighted by Crippen LogP contribution is -2.46. The molecule has 1 saturated heterocycles. The minimum absolute atomic E-state index is 0.00423. The molecule has 6 nitrogen and oxygen atoms in total. The van der Waals surface area contributed by atoms with E-state index in [-0.39, 0.29) is 12.1 Å². The molecule has 0 spiro atoms. The van der Waals surface area contributed by atoms with Crippen LogP contribution in [-0.4, -0.2) is 36.7 Å². The molecule has 3 rings (SSSR count). The minimum Gasteiger partial charge on any atom is -0.490 e. The molecule has 2 aromatic rings. The van der Waals surface area contributed by atoms with Crippen LogP contribution in [0.4, 0.5) is 4.79 Å². The van der Waals surface area contributed by atoms with Crippen LogP contribution in [0.5, 0.6) is 5.75 Å². The van der Waals surface area contributed by atoms with E-state index in [2.05, 4.69) is 17.4 Å². The lowest BCUT2D eigenvalue weighted by Gasteiger charge is -2.32. The number of hydrogen-bond acceptors (Lipinski definition) is 4. The Morgan fingerprint density at radius 2 is 1.96 bits per heavy atom. The lowest BCUT2D eigenvalue weighted by molar-refractivity contribution is 0.110. The van der Waals surface area contributed by atoms with Gasteiger partial charge in [0.15, 0.2) is 0 Å². The van der Waals surface area contributed by atoms with E-state index in [9.17, 15) is 9.59 Å². The van der Waals surface area contributed by atoms with Crippen LogP contribution in [-0.2, 0) is 6.42 Å². The Morgan fingerprint density at radius 3 is 2.65 bits per heavy atom. The van der Waals surface area contributed by atoms with Crippen molar-refractivity contribution >= 4 is 6.03 Å². The maximum atomic E-state index is 12.3. The zero-order valence-corrected chi connectivity index (χ0v) is 14.9. The third-order valence-electron chi connectivity index (χ3n) is 4.43. The van der Waals surface area contributed by atoms with Crippen molar-refractivity contribution < 1.29 is 13.9 Å². The number of benzene rings is 1. The van der Waals surface area contributed by atoms with Gasteiger partial charge in [0, 0.05) is 38.5 Å². The Balaban J connectivity index is 1.41. The normalized spacial score (nSPS) is 14.9. The van der Waals surface area contributed by atoms with Gasteiger partial charge in [-0.1, -0.05) is 30.3 Å². The van der Waals surface area contributed by atoms with Crippen molar-refractivity contribution in [2.45, 2.75) is 32.3 Å².